The van der Waals surface area contributed by atoms with Crippen LogP contribution in [0.5, 0.6) is 0 Å². The minimum absolute atomic E-state index is 0.0120. The molecule has 0 N–H and O–H groups in total. The number of pyridine rings is 2. The van der Waals surface area contributed by atoms with Crippen LogP contribution in [0.2, 0.25) is 0 Å². The quantitative estimate of drug-likeness (QED) is 0.164. The molecule has 0 aliphatic carbocycles. The van der Waals surface area contributed by atoms with E-state index < -0.39 is 11.9 Å². The first-order valence-electron chi connectivity index (χ1n) is 11.6. The molecule has 0 radical (unpaired) electrons. The lowest BCUT2D eigenvalue weighted by atomic mass is 10.2. The molecule has 1 amide bonds. The van der Waals surface area contributed by atoms with Crippen LogP contribution in [-0.4, -0.2) is 46.2 Å². The number of ether oxygens (including phenoxy) is 2. The van der Waals surface area contributed by atoms with Crippen LogP contribution in [-0.2, 0) is 20.8 Å². The molecule has 1 aromatic carbocycles. The number of fused-ring (bicyclic) bond motifs is 2. The zero-order chi connectivity index (χ0) is 25.5. The maximum atomic E-state index is 13.3. The number of carbonyl (C=O) groups excluding carboxylic acids is 2. The maximum Gasteiger partial charge on any atom is 0.341 e. The molecule has 0 saturated heterocycles. The van der Waals surface area contributed by atoms with Crippen LogP contribution in [0.3, 0.4) is 0 Å². The fourth-order valence-corrected chi connectivity index (χ4v) is 3.81. The summed E-state index contributed by atoms with van der Waals surface area (Å²) in [6, 6.07) is 15.9. The molecule has 0 aliphatic rings. The average molecular weight is 487 g/mol. The first kappa shape index (κ1) is 24.7. The molecule has 0 saturated carbocycles. The molecule has 0 fully saturated rings. The zero-order valence-corrected chi connectivity index (χ0v) is 20.1. The lowest BCUT2D eigenvalue weighted by Gasteiger charge is -2.15. The van der Waals surface area contributed by atoms with Gasteiger partial charge in [-0.2, -0.15) is 4.99 Å². The summed E-state index contributed by atoms with van der Waals surface area (Å²) < 4.78 is 13.5. The SMILES string of the molecule is CCOC(=O)c1cc2c(=O)n3ccccc3nc2n(CCCOC)c1=NC(=O)C=Cc1ccccc1. The first-order valence-corrected chi connectivity index (χ1v) is 11.6. The zero-order valence-electron chi connectivity index (χ0n) is 20.1. The second-order valence-corrected chi connectivity index (χ2v) is 7.88. The number of amides is 1. The van der Waals surface area contributed by atoms with Gasteiger partial charge in [-0.05, 0) is 43.2 Å². The van der Waals surface area contributed by atoms with Crippen molar-refractivity contribution in [2.45, 2.75) is 19.9 Å². The third-order valence-corrected chi connectivity index (χ3v) is 5.45. The molecule has 4 rings (SSSR count). The molecule has 184 valence electrons. The van der Waals surface area contributed by atoms with Gasteiger partial charge in [0, 0.05) is 32.5 Å². The van der Waals surface area contributed by atoms with Gasteiger partial charge in [0.15, 0.2) is 5.49 Å². The van der Waals surface area contributed by atoms with E-state index >= 15 is 0 Å². The highest BCUT2D eigenvalue weighted by Gasteiger charge is 2.19. The molecule has 3 heterocycles. The minimum atomic E-state index is -0.684. The van der Waals surface area contributed by atoms with E-state index in [1.807, 2.05) is 30.3 Å². The highest BCUT2D eigenvalue weighted by molar-refractivity contribution is 5.95. The highest BCUT2D eigenvalue weighted by atomic mass is 16.5. The Labute approximate surface area is 207 Å². The summed E-state index contributed by atoms with van der Waals surface area (Å²) >= 11 is 0. The van der Waals surface area contributed by atoms with Gasteiger partial charge < -0.3 is 14.0 Å². The Balaban J connectivity index is 1.99. The Morgan fingerprint density at radius 1 is 1.11 bits per heavy atom. The van der Waals surface area contributed by atoms with Crippen molar-refractivity contribution >= 4 is 34.6 Å². The van der Waals surface area contributed by atoms with Crippen molar-refractivity contribution in [2.75, 3.05) is 20.3 Å². The Hall–Kier alpha value is -4.37. The summed E-state index contributed by atoms with van der Waals surface area (Å²) in [6.45, 7) is 2.53. The maximum absolute atomic E-state index is 13.3. The number of nitrogens with zero attached hydrogens (tertiary/aromatic N) is 4. The summed E-state index contributed by atoms with van der Waals surface area (Å²) in [5, 5.41) is 0.213. The van der Waals surface area contributed by atoms with E-state index in [0.29, 0.717) is 30.9 Å². The Morgan fingerprint density at radius 2 is 1.89 bits per heavy atom. The first-order chi connectivity index (χ1) is 17.5. The van der Waals surface area contributed by atoms with E-state index in [0.717, 1.165) is 5.56 Å². The topological polar surface area (TPSA) is 104 Å². The van der Waals surface area contributed by atoms with E-state index in [1.54, 1.807) is 49.1 Å². The van der Waals surface area contributed by atoms with E-state index in [-0.39, 0.29) is 28.6 Å². The molecule has 0 unspecified atom stereocenters. The van der Waals surface area contributed by atoms with Crippen LogP contribution in [0.25, 0.3) is 22.8 Å². The van der Waals surface area contributed by atoms with Crippen LogP contribution in [0.1, 0.15) is 29.3 Å². The lowest BCUT2D eigenvalue weighted by Crippen LogP contribution is -2.33. The van der Waals surface area contributed by atoms with E-state index in [4.69, 9.17) is 9.47 Å². The molecule has 0 bridgehead atoms. The number of esters is 1. The number of hydrogen-bond acceptors (Lipinski definition) is 6. The van der Waals surface area contributed by atoms with E-state index in [1.165, 1.54) is 16.5 Å². The van der Waals surface area contributed by atoms with Gasteiger partial charge in [0.2, 0.25) is 0 Å². The van der Waals surface area contributed by atoms with Crippen molar-refractivity contribution in [3.05, 3.63) is 93.8 Å². The predicted octanol–water partition coefficient (Wildman–Crippen LogP) is 3.00. The van der Waals surface area contributed by atoms with Crippen molar-refractivity contribution in [1.82, 2.24) is 14.0 Å². The normalized spacial score (nSPS) is 12.0. The molecule has 0 atom stereocenters. The van der Waals surface area contributed by atoms with E-state index in [2.05, 4.69) is 9.98 Å². The van der Waals surface area contributed by atoms with Crippen molar-refractivity contribution in [1.29, 1.82) is 0 Å². The number of benzene rings is 1. The Bertz CT molecular complexity index is 1570. The summed E-state index contributed by atoms with van der Waals surface area (Å²) in [7, 11) is 1.58. The fourth-order valence-electron chi connectivity index (χ4n) is 3.81. The minimum Gasteiger partial charge on any atom is -0.462 e. The highest BCUT2D eigenvalue weighted by Crippen LogP contribution is 2.12. The number of aromatic nitrogens is 3. The summed E-state index contributed by atoms with van der Waals surface area (Å²) in [5.41, 5.74) is 1.32. The number of methoxy groups -OCH3 is 1. The number of hydrogen-bond donors (Lipinski definition) is 0. The summed E-state index contributed by atoms with van der Waals surface area (Å²) in [6.07, 6.45) is 5.12. The lowest BCUT2D eigenvalue weighted by molar-refractivity contribution is -0.113. The van der Waals surface area contributed by atoms with Gasteiger partial charge in [-0.1, -0.05) is 36.4 Å². The molecular formula is C27H26N4O5. The van der Waals surface area contributed by atoms with Crippen LogP contribution < -0.4 is 11.0 Å². The van der Waals surface area contributed by atoms with Crippen molar-refractivity contribution in [2.24, 2.45) is 4.99 Å². The molecule has 4 aromatic rings. The molecule has 36 heavy (non-hydrogen) atoms. The third-order valence-electron chi connectivity index (χ3n) is 5.45. The third kappa shape index (κ3) is 5.31. The molecular weight excluding hydrogens is 460 g/mol. The predicted molar refractivity (Wildman–Crippen MR) is 135 cm³/mol. The molecule has 9 nitrogen and oxygen atoms in total. The molecule has 0 spiro atoms. The Kier molecular flexibility index (Phi) is 7.82. The number of carbonyl (C=O) groups is 2. The van der Waals surface area contributed by atoms with Crippen molar-refractivity contribution in [3.8, 4) is 0 Å². The van der Waals surface area contributed by atoms with Crippen LogP contribution in [0, 0.1) is 0 Å². The van der Waals surface area contributed by atoms with Crippen LogP contribution in [0.4, 0.5) is 0 Å². The number of aryl methyl sites for hydroxylation is 1. The summed E-state index contributed by atoms with van der Waals surface area (Å²) in [4.78, 5) is 48.1. The second-order valence-electron chi connectivity index (χ2n) is 7.88. The van der Waals surface area contributed by atoms with Crippen LogP contribution in [0.15, 0.2) is 76.7 Å². The van der Waals surface area contributed by atoms with Gasteiger partial charge in [0.1, 0.15) is 16.9 Å². The van der Waals surface area contributed by atoms with Gasteiger partial charge >= 0.3 is 5.97 Å². The van der Waals surface area contributed by atoms with E-state index in [9.17, 15) is 14.4 Å². The van der Waals surface area contributed by atoms with Crippen LogP contribution >= 0.6 is 0 Å². The van der Waals surface area contributed by atoms with Gasteiger partial charge in [-0.3, -0.25) is 14.0 Å². The van der Waals surface area contributed by atoms with Crippen molar-refractivity contribution in [3.63, 3.8) is 0 Å². The Morgan fingerprint density at radius 3 is 2.64 bits per heavy atom. The standard InChI is InChI=1S/C27H26N4O5/c1-3-36-27(34)21-18-20-24(28-22-12-7-8-15-30(22)26(20)33)31(16-9-17-35-2)25(21)29-23(32)14-13-19-10-5-4-6-11-19/h4-8,10-15,18H,3,9,16-17H2,1-2H3. The average Bonchev–Trinajstić information content (AvgIpc) is 2.89. The van der Waals surface area contributed by atoms with Crippen molar-refractivity contribution < 1.29 is 19.1 Å². The molecule has 9 heteroatoms. The van der Waals surface area contributed by atoms with Gasteiger partial charge in [0.05, 0.1) is 12.0 Å². The molecule has 0 aliphatic heterocycles. The smallest absolute Gasteiger partial charge is 0.341 e. The second kappa shape index (κ2) is 11.4. The van der Waals surface area contributed by atoms with Gasteiger partial charge in [-0.25, -0.2) is 9.78 Å². The monoisotopic (exact) mass is 486 g/mol. The number of rotatable bonds is 8. The molecule has 3 aromatic heterocycles. The summed E-state index contributed by atoms with van der Waals surface area (Å²) in [5.74, 6) is -1.25. The fraction of sp³-hybridized carbons (Fsp3) is 0.222. The van der Waals surface area contributed by atoms with Gasteiger partial charge in [0.25, 0.3) is 11.5 Å². The van der Waals surface area contributed by atoms with Gasteiger partial charge in [-0.15, -0.1) is 0 Å². The largest absolute Gasteiger partial charge is 0.462 e.